The minimum atomic E-state index is -0.971. The van der Waals surface area contributed by atoms with Gasteiger partial charge in [0.15, 0.2) is 0 Å². The van der Waals surface area contributed by atoms with Crippen molar-refractivity contribution in [3.05, 3.63) is 29.8 Å². The lowest BCUT2D eigenvalue weighted by atomic mass is 10.1. The highest BCUT2D eigenvalue weighted by Gasteiger charge is 2.12. The van der Waals surface area contributed by atoms with E-state index in [0.717, 1.165) is 6.42 Å². The lowest BCUT2D eigenvalue weighted by molar-refractivity contribution is 0.0696. The van der Waals surface area contributed by atoms with Crippen LogP contribution in [0.25, 0.3) is 0 Å². The smallest absolute Gasteiger partial charge is 0.335 e. The molecule has 0 amide bonds. The van der Waals surface area contributed by atoms with Gasteiger partial charge in [-0.3, -0.25) is 0 Å². The molecule has 2 atom stereocenters. The molecule has 0 radical (unpaired) electrons. The number of carbonyl (C=O) groups is 1. The topological polar surface area (TPSA) is 69.6 Å². The zero-order valence-corrected chi connectivity index (χ0v) is 9.47. The van der Waals surface area contributed by atoms with Gasteiger partial charge in [-0.15, -0.1) is 0 Å². The number of aliphatic hydroxyl groups is 1. The summed E-state index contributed by atoms with van der Waals surface area (Å²) in [5.74, 6) is -0.852. The van der Waals surface area contributed by atoms with Crippen molar-refractivity contribution in [1.82, 2.24) is 0 Å². The molecular formula is C12H17NO3. The van der Waals surface area contributed by atoms with Crippen molar-refractivity contribution >= 4 is 11.7 Å². The van der Waals surface area contributed by atoms with Crippen molar-refractivity contribution in [3.63, 3.8) is 0 Å². The Labute approximate surface area is 94.9 Å². The van der Waals surface area contributed by atoms with Crippen LogP contribution in [-0.2, 0) is 0 Å². The molecule has 0 aromatic heterocycles. The molecular weight excluding hydrogens is 206 g/mol. The summed E-state index contributed by atoms with van der Waals surface area (Å²) in [6.07, 6.45) is 0.196. The lowest BCUT2D eigenvalue weighted by Crippen LogP contribution is -2.26. The quantitative estimate of drug-likeness (QED) is 0.669. The van der Waals surface area contributed by atoms with E-state index in [1.165, 1.54) is 12.1 Å². The largest absolute Gasteiger partial charge is 0.478 e. The minimum absolute atomic E-state index is 0.119. The fraction of sp³-hybridized carbons (Fsp3) is 0.417. The monoisotopic (exact) mass is 223 g/mol. The molecule has 0 fully saturated rings. The first kappa shape index (κ1) is 12.5. The number of aromatic carboxylic acids is 1. The van der Waals surface area contributed by atoms with Gasteiger partial charge in [0.1, 0.15) is 6.23 Å². The van der Waals surface area contributed by atoms with E-state index in [2.05, 4.69) is 5.32 Å². The minimum Gasteiger partial charge on any atom is -0.478 e. The number of hydrogen-bond acceptors (Lipinski definition) is 3. The first-order chi connectivity index (χ1) is 7.54. The average molecular weight is 223 g/mol. The Morgan fingerprint density at radius 3 is 2.75 bits per heavy atom. The molecule has 0 spiro atoms. The fourth-order valence-corrected chi connectivity index (χ4v) is 1.28. The van der Waals surface area contributed by atoms with Crippen molar-refractivity contribution in [2.45, 2.75) is 26.5 Å². The molecule has 4 heteroatoms. The first-order valence-corrected chi connectivity index (χ1v) is 5.32. The molecule has 3 N–H and O–H groups in total. The van der Waals surface area contributed by atoms with Crippen LogP contribution in [0.5, 0.6) is 0 Å². The van der Waals surface area contributed by atoms with Crippen LogP contribution in [0.4, 0.5) is 5.69 Å². The molecule has 0 aliphatic carbocycles. The standard InChI is InChI=1S/C12H17NO3/c1-3-8(2)11(14)13-10-6-4-5-9(7-10)12(15)16/h4-8,11,13-14H,3H2,1-2H3,(H,15,16). The van der Waals surface area contributed by atoms with E-state index < -0.39 is 12.2 Å². The van der Waals surface area contributed by atoms with Gasteiger partial charge in [-0.2, -0.15) is 0 Å². The van der Waals surface area contributed by atoms with Gasteiger partial charge in [-0.05, 0) is 24.6 Å². The highest BCUT2D eigenvalue weighted by Crippen LogP contribution is 2.15. The van der Waals surface area contributed by atoms with Crippen molar-refractivity contribution in [2.24, 2.45) is 5.92 Å². The number of aliphatic hydroxyl groups excluding tert-OH is 1. The molecule has 1 aromatic carbocycles. The highest BCUT2D eigenvalue weighted by atomic mass is 16.4. The van der Waals surface area contributed by atoms with Crippen molar-refractivity contribution in [2.75, 3.05) is 5.32 Å². The summed E-state index contributed by atoms with van der Waals surface area (Å²) in [6, 6.07) is 6.41. The number of anilines is 1. The fourth-order valence-electron chi connectivity index (χ4n) is 1.28. The van der Waals surface area contributed by atoms with Gasteiger partial charge in [-0.1, -0.05) is 19.9 Å². The summed E-state index contributed by atoms with van der Waals surface area (Å²) in [4.78, 5) is 10.7. The Morgan fingerprint density at radius 2 is 2.19 bits per heavy atom. The number of rotatable bonds is 5. The van der Waals surface area contributed by atoms with Crippen molar-refractivity contribution in [1.29, 1.82) is 0 Å². The number of carboxylic acids is 1. The van der Waals surface area contributed by atoms with Gasteiger partial charge >= 0.3 is 5.97 Å². The van der Waals surface area contributed by atoms with Crippen molar-refractivity contribution in [3.8, 4) is 0 Å². The molecule has 0 saturated carbocycles. The summed E-state index contributed by atoms with van der Waals surface area (Å²) in [6.45, 7) is 3.92. The van der Waals surface area contributed by atoms with E-state index in [-0.39, 0.29) is 11.5 Å². The zero-order chi connectivity index (χ0) is 12.1. The highest BCUT2D eigenvalue weighted by molar-refractivity contribution is 5.88. The maximum absolute atomic E-state index is 10.7. The summed E-state index contributed by atoms with van der Waals surface area (Å²) >= 11 is 0. The van der Waals surface area contributed by atoms with Gasteiger partial charge in [0, 0.05) is 11.6 Å². The maximum atomic E-state index is 10.7. The average Bonchev–Trinajstić information content (AvgIpc) is 2.28. The second-order valence-corrected chi connectivity index (χ2v) is 3.86. The summed E-state index contributed by atoms with van der Waals surface area (Å²) in [5.41, 5.74) is 0.828. The second kappa shape index (κ2) is 5.51. The first-order valence-electron chi connectivity index (χ1n) is 5.32. The van der Waals surface area contributed by atoms with E-state index in [9.17, 15) is 9.90 Å². The molecule has 0 aliphatic rings. The molecule has 0 saturated heterocycles. The van der Waals surface area contributed by atoms with Gasteiger partial charge in [0.2, 0.25) is 0 Å². The molecule has 0 heterocycles. The second-order valence-electron chi connectivity index (χ2n) is 3.86. The Morgan fingerprint density at radius 1 is 1.50 bits per heavy atom. The normalized spacial score (nSPS) is 14.2. The number of hydrogen-bond donors (Lipinski definition) is 3. The number of benzene rings is 1. The Kier molecular flexibility index (Phi) is 4.31. The third kappa shape index (κ3) is 3.24. The van der Waals surface area contributed by atoms with Crippen LogP contribution in [0, 0.1) is 5.92 Å². The van der Waals surface area contributed by atoms with Crippen LogP contribution < -0.4 is 5.32 Å². The van der Waals surface area contributed by atoms with Gasteiger partial charge in [0.25, 0.3) is 0 Å². The lowest BCUT2D eigenvalue weighted by Gasteiger charge is -2.19. The number of carboxylic acid groups (broad SMARTS) is 1. The van der Waals surface area contributed by atoms with E-state index in [0.29, 0.717) is 5.69 Å². The Bertz CT molecular complexity index is 365. The van der Waals surface area contributed by atoms with Crippen LogP contribution in [-0.4, -0.2) is 22.4 Å². The predicted molar refractivity (Wildman–Crippen MR) is 62.5 cm³/mol. The summed E-state index contributed by atoms with van der Waals surface area (Å²) < 4.78 is 0. The van der Waals surface area contributed by atoms with Crippen LogP contribution >= 0.6 is 0 Å². The molecule has 16 heavy (non-hydrogen) atoms. The molecule has 4 nitrogen and oxygen atoms in total. The molecule has 2 unspecified atom stereocenters. The summed E-state index contributed by atoms with van der Waals surface area (Å²) in [5, 5.41) is 21.4. The summed E-state index contributed by atoms with van der Waals surface area (Å²) in [7, 11) is 0. The molecule has 1 aromatic rings. The molecule has 0 aliphatic heterocycles. The third-order valence-corrected chi connectivity index (χ3v) is 2.61. The molecule has 0 bridgehead atoms. The molecule has 1 rings (SSSR count). The van der Waals surface area contributed by atoms with E-state index in [1.54, 1.807) is 12.1 Å². The van der Waals surface area contributed by atoms with E-state index in [1.807, 2.05) is 13.8 Å². The maximum Gasteiger partial charge on any atom is 0.335 e. The Balaban J connectivity index is 2.74. The zero-order valence-electron chi connectivity index (χ0n) is 9.47. The van der Waals surface area contributed by atoms with Crippen LogP contribution in [0.3, 0.4) is 0 Å². The predicted octanol–water partition coefficient (Wildman–Crippen LogP) is 2.16. The third-order valence-electron chi connectivity index (χ3n) is 2.61. The van der Waals surface area contributed by atoms with E-state index >= 15 is 0 Å². The van der Waals surface area contributed by atoms with Crippen LogP contribution in [0.2, 0.25) is 0 Å². The Hall–Kier alpha value is -1.55. The number of nitrogens with one attached hydrogen (secondary N) is 1. The van der Waals surface area contributed by atoms with Crippen LogP contribution in [0.15, 0.2) is 24.3 Å². The van der Waals surface area contributed by atoms with Crippen LogP contribution in [0.1, 0.15) is 30.6 Å². The SMILES string of the molecule is CCC(C)C(O)Nc1cccc(C(=O)O)c1. The van der Waals surface area contributed by atoms with Gasteiger partial charge in [0.05, 0.1) is 5.56 Å². The van der Waals surface area contributed by atoms with Gasteiger partial charge in [-0.25, -0.2) is 4.79 Å². The van der Waals surface area contributed by atoms with Crippen molar-refractivity contribution < 1.29 is 15.0 Å². The van der Waals surface area contributed by atoms with Gasteiger partial charge < -0.3 is 15.5 Å². The molecule has 88 valence electrons. The van der Waals surface area contributed by atoms with E-state index in [4.69, 9.17) is 5.11 Å².